The molecule has 2 unspecified atom stereocenters. The summed E-state index contributed by atoms with van der Waals surface area (Å²) in [6, 6.07) is 7.05. The summed E-state index contributed by atoms with van der Waals surface area (Å²) < 4.78 is 16.9. The number of aromatic nitrogens is 5. The fourth-order valence-corrected chi connectivity index (χ4v) is 7.33. The highest BCUT2D eigenvalue weighted by atomic mass is 19.1. The van der Waals surface area contributed by atoms with Crippen LogP contribution in [0.2, 0.25) is 0 Å². The standard InChI is InChI=1S/C32H44FN7/c1-19(2)39(16-21-6-7-24(13-21)40-9-8-25-30(34)35-18-36-31(25)40)17-23-11-22(12-23)14-29-37-27-10-20(3)26(32(4,5)33)15-28(27)38-29/h8-10,15,18-19,21-24H,6-7,11-14,16-17H2,1-5H3,(H,37,38)(H2,34,35,36). The lowest BCUT2D eigenvalue weighted by Crippen LogP contribution is -2.42. The SMILES string of the molecule is Cc1cc2[nH]c(CC3CC(CN(CC4CCC(n5ccc6c(N)ncnc65)C4)C(C)C)C3)nc2cc1C(C)(C)F. The molecule has 8 heteroatoms. The predicted octanol–water partition coefficient (Wildman–Crippen LogP) is 6.72. The molecule has 4 aromatic rings. The number of nitrogens with one attached hydrogen (secondary N) is 1. The van der Waals surface area contributed by atoms with Crippen molar-refractivity contribution in [3.63, 3.8) is 0 Å². The summed E-state index contributed by atoms with van der Waals surface area (Å²) in [5, 5.41) is 0.959. The van der Waals surface area contributed by atoms with E-state index in [1.807, 2.05) is 19.1 Å². The average molecular weight is 546 g/mol. The lowest BCUT2D eigenvalue weighted by molar-refractivity contribution is 0.0923. The van der Waals surface area contributed by atoms with E-state index in [0.29, 0.717) is 29.7 Å². The Balaban J connectivity index is 1.02. The molecule has 2 aliphatic rings. The summed E-state index contributed by atoms with van der Waals surface area (Å²) in [4.78, 5) is 19.7. The van der Waals surface area contributed by atoms with Gasteiger partial charge in [0, 0.05) is 37.8 Å². The molecule has 0 radical (unpaired) electrons. The topological polar surface area (TPSA) is 88.7 Å². The van der Waals surface area contributed by atoms with E-state index >= 15 is 0 Å². The Morgan fingerprint density at radius 2 is 1.88 bits per heavy atom. The van der Waals surface area contributed by atoms with E-state index in [4.69, 9.17) is 10.7 Å². The van der Waals surface area contributed by atoms with Crippen LogP contribution in [0.25, 0.3) is 22.1 Å². The van der Waals surface area contributed by atoms with Gasteiger partial charge in [-0.1, -0.05) is 0 Å². The average Bonchev–Trinajstić information content (AvgIpc) is 3.58. The number of rotatable bonds is 9. The van der Waals surface area contributed by atoms with Gasteiger partial charge in [0.15, 0.2) is 0 Å². The molecule has 0 saturated heterocycles. The van der Waals surface area contributed by atoms with Crippen molar-refractivity contribution in [3.05, 3.63) is 47.7 Å². The molecule has 2 atom stereocenters. The Hall–Kier alpha value is -3.00. The molecule has 40 heavy (non-hydrogen) atoms. The molecule has 0 aliphatic heterocycles. The number of alkyl halides is 1. The van der Waals surface area contributed by atoms with Gasteiger partial charge in [0.1, 0.15) is 29.3 Å². The van der Waals surface area contributed by atoms with Gasteiger partial charge in [0.2, 0.25) is 0 Å². The quantitative estimate of drug-likeness (QED) is 0.244. The summed E-state index contributed by atoms with van der Waals surface area (Å²) in [5.74, 6) is 3.73. The largest absolute Gasteiger partial charge is 0.383 e. The number of aromatic amines is 1. The first-order valence-electron chi connectivity index (χ1n) is 15.0. The lowest BCUT2D eigenvalue weighted by atomic mass is 9.72. The van der Waals surface area contributed by atoms with E-state index in [1.165, 1.54) is 45.2 Å². The molecular formula is C32H44FN7. The lowest BCUT2D eigenvalue weighted by Gasteiger charge is -2.40. The molecule has 214 valence electrons. The van der Waals surface area contributed by atoms with Crippen LogP contribution in [0.4, 0.5) is 10.2 Å². The van der Waals surface area contributed by atoms with Crippen LogP contribution in [-0.4, -0.2) is 48.5 Å². The number of benzene rings is 1. The van der Waals surface area contributed by atoms with Gasteiger partial charge in [-0.2, -0.15) is 0 Å². The summed E-state index contributed by atoms with van der Waals surface area (Å²) in [6.07, 6.45) is 10.8. The minimum Gasteiger partial charge on any atom is -0.383 e. The van der Waals surface area contributed by atoms with Crippen molar-refractivity contribution < 1.29 is 4.39 Å². The number of anilines is 1. The van der Waals surface area contributed by atoms with Crippen LogP contribution in [0.3, 0.4) is 0 Å². The number of H-pyrrole nitrogens is 1. The Morgan fingerprint density at radius 3 is 2.62 bits per heavy atom. The van der Waals surface area contributed by atoms with E-state index in [-0.39, 0.29) is 0 Å². The smallest absolute Gasteiger partial charge is 0.145 e. The first kappa shape index (κ1) is 27.2. The maximum absolute atomic E-state index is 14.6. The highest BCUT2D eigenvalue weighted by Gasteiger charge is 2.34. The third kappa shape index (κ3) is 5.35. The van der Waals surface area contributed by atoms with Crippen molar-refractivity contribution in [2.75, 3.05) is 18.8 Å². The van der Waals surface area contributed by atoms with Gasteiger partial charge in [0.05, 0.1) is 16.4 Å². The van der Waals surface area contributed by atoms with Gasteiger partial charge in [-0.3, -0.25) is 0 Å². The van der Waals surface area contributed by atoms with Gasteiger partial charge in [-0.15, -0.1) is 0 Å². The van der Waals surface area contributed by atoms with E-state index in [1.54, 1.807) is 20.2 Å². The number of nitrogens with zero attached hydrogens (tertiary/aromatic N) is 5. The number of hydrogen-bond donors (Lipinski definition) is 2. The fraction of sp³-hybridized carbons (Fsp3) is 0.594. The Morgan fingerprint density at radius 1 is 1.10 bits per heavy atom. The minimum absolute atomic E-state index is 0.485. The molecule has 3 aromatic heterocycles. The van der Waals surface area contributed by atoms with Crippen molar-refractivity contribution in [1.82, 2.24) is 29.4 Å². The van der Waals surface area contributed by atoms with Crippen molar-refractivity contribution in [2.45, 2.75) is 90.9 Å². The van der Waals surface area contributed by atoms with E-state index in [0.717, 1.165) is 51.4 Å². The molecule has 3 heterocycles. The van der Waals surface area contributed by atoms with Crippen LogP contribution in [0.15, 0.2) is 30.7 Å². The van der Waals surface area contributed by atoms with Gasteiger partial charge < -0.3 is 20.2 Å². The Bertz CT molecular complexity index is 1490. The van der Waals surface area contributed by atoms with E-state index in [2.05, 4.69) is 50.5 Å². The zero-order chi connectivity index (χ0) is 28.2. The van der Waals surface area contributed by atoms with Gasteiger partial charge >= 0.3 is 0 Å². The van der Waals surface area contributed by atoms with Crippen molar-refractivity contribution >= 4 is 27.9 Å². The number of imidazole rings is 1. The van der Waals surface area contributed by atoms with Gasteiger partial charge in [-0.25, -0.2) is 19.3 Å². The summed E-state index contributed by atoms with van der Waals surface area (Å²) >= 11 is 0. The van der Waals surface area contributed by atoms with Crippen molar-refractivity contribution in [3.8, 4) is 0 Å². The molecule has 1 aromatic carbocycles. The highest BCUT2D eigenvalue weighted by molar-refractivity contribution is 5.86. The normalized spacial score (nSPS) is 23.6. The van der Waals surface area contributed by atoms with Crippen LogP contribution in [-0.2, 0) is 12.1 Å². The van der Waals surface area contributed by atoms with Gasteiger partial charge in [0.25, 0.3) is 0 Å². The molecular weight excluding hydrogens is 501 g/mol. The number of fused-ring (bicyclic) bond motifs is 2. The molecule has 7 nitrogen and oxygen atoms in total. The fourth-order valence-electron chi connectivity index (χ4n) is 7.33. The first-order valence-corrected chi connectivity index (χ1v) is 15.0. The number of aryl methyl sites for hydroxylation is 1. The minimum atomic E-state index is -1.36. The number of nitrogens with two attached hydrogens (primary N) is 1. The van der Waals surface area contributed by atoms with Crippen molar-refractivity contribution in [2.24, 2.45) is 17.8 Å². The molecule has 6 rings (SSSR count). The number of hydrogen-bond acceptors (Lipinski definition) is 5. The predicted molar refractivity (Wildman–Crippen MR) is 160 cm³/mol. The zero-order valence-corrected chi connectivity index (χ0v) is 24.6. The third-order valence-corrected chi connectivity index (χ3v) is 9.50. The first-order chi connectivity index (χ1) is 19.0. The van der Waals surface area contributed by atoms with Crippen LogP contribution < -0.4 is 5.73 Å². The van der Waals surface area contributed by atoms with Crippen LogP contribution >= 0.6 is 0 Å². The zero-order valence-electron chi connectivity index (χ0n) is 24.6. The Labute approximate surface area is 236 Å². The highest BCUT2D eigenvalue weighted by Crippen LogP contribution is 2.40. The molecule has 0 bridgehead atoms. The monoisotopic (exact) mass is 545 g/mol. The molecule has 3 N–H and O–H groups in total. The number of halogens is 1. The molecule has 0 amide bonds. The molecule has 0 spiro atoms. The summed E-state index contributed by atoms with van der Waals surface area (Å²) in [6.45, 7) is 12.2. The molecule has 2 fully saturated rings. The molecule has 2 aliphatic carbocycles. The third-order valence-electron chi connectivity index (χ3n) is 9.50. The second kappa shape index (κ2) is 10.4. The van der Waals surface area contributed by atoms with Crippen molar-refractivity contribution in [1.29, 1.82) is 0 Å². The molecule has 2 saturated carbocycles. The second-order valence-corrected chi connectivity index (χ2v) is 13.3. The summed E-state index contributed by atoms with van der Waals surface area (Å²) in [5.41, 5.74) is 9.26. The number of nitrogen functional groups attached to an aromatic ring is 1. The van der Waals surface area contributed by atoms with Crippen LogP contribution in [0, 0.1) is 24.7 Å². The maximum Gasteiger partial charge on any atom is 0.145 e. The van der Waals surface area contributed by atoms with E-state index in [9.17, 15) is 4.39 Å². The van der Waals surface area contributed by atoms with Gasteiger partial charge in [-0.05, 0) is 114 Å². The maximum atomic E-state index is 14.6. The van der Waals surface area contributed by atoms with E-state index < -0.39 is 5.67 Å². The van der Waals surface area contributed by atoms with Crippen LogP contribution in [0.5, 0.6) is 0 Å². The Kier molecular flexibility index (Phi) is 7.09. The van der Waals surface area contributed by atoms with Crippen LogP contribution in [0.1, 0.15) is 82.8 Å². The second-order valence-electron chi connectivity index (χ2n) is 13.3. The summed E-state index contributed by atoms with van der Waals surface area (Å²) in [7, 11) is 0.